The highest BCUT2D eigenvalue weighted by atomic mass is 16.2. The fraction of sp³-hybridized carbons (Fsp3) is 0.769. The Balaban J connectivity index is 2.77. The van der Waals surface area contributed by atoms with Crippen molar-refractivity contribution in [2.24, 2.45) is 11.7 Å². The SMILES string of the molecule is CC(C)C(C)(CN)NC(=O)CN1C(=O)NC(=O)C1(C)C. The molecule has 4 amide bonds. The molecule has 1 rings (SSSR count). The van der Waals surface area contributed by atoms with Crippen molar-refractivity contribution in [3.8, 4) is 0 Å². The Kier molecular flexibility index (Phi) is 4.43. The van der Waals surface area contributed by atoms with Crippen molar-refractivity contribution < 1.29 is 14.4 Å². The molecule has 7 heteroatoms. The van der Waals surface area contributed by atoms with Crippen molar-refractivity contribution in [2.75, 3.05) is 13.1 Å². The van der Waals surface area contributed by atoms with Crippen LogP contribution in [0.2, 0.25) is 0 Å². The number of nitrogens with two attached hydrogens (primary N) is 1. The van der Waals surface area contributed by atoms with Crippen LogP contribution in [0.1, 0.15) is 34.6 Å². The number of rotatable bonds is 5. The van der Waals surface area contributed by atoms with Crippen LogP contribution in [0.15, 0.2) is 0 Å². The van der Waals surface area contributed by atoms with Crippen LogP contribution in [0.4, 0.5) is 4.79 Å². The molecule has 1 saturated heterocycles. The van der Waals surface area contributed by atoms with Gasteiger partial charge in [-0.25, -0.2) is 4.79 Å². The number of hydrogen-bond acceptors (Lipinski definition) is 4. The van der Waals surface area contributed by atoms with Crippen LogP contribution in [0.5, 0.6) is 0 Å². The van der Waals surface area contributed by atoms with Crippen LogP contribution in [0.3, 0.4) is 0 Å². The van der Waals surface area contributed by atoms with Gasteiger partial charge in [0.2, 0.25) is 5.91 Å². The molecule has 0 radical (unpaired) electrons. The summed E-state index contributed by atoms with van der Waals surface area (Å²) in [6, 6.07) is -0.547. The van der Waals surface area contributed by atoms with Gasteiger partial charge in [-0.1, -0.05) is 13.8 Å². The standard InChI is InChI=1S/C13H24N4O3/c1-8(2)13(5,7-14)16-9(18)6-17-11(20)15-10(19)12(17,3)4/h8H,6-7,14H2,1-5H3,(H,16,18)(H,15,19,20). The molecule has 1 heterocycles. The van der Waals surface area contributed by atoms with Gasteiger partial charge in [0.25, 0.3) is 5.91 Å². The number of amides is 4. The highest BCUT2D eigenvalue weighted by Gasteiger charge is 2.46. The molecule has 20 heavy (non-hydrogen) atoms. The van der Waals surface area contributed by atoms with E-state index in [1.54, 1.807) is 13.8 Å². The van der Waals surface area contributed by atoms with E-state index in [2.05, 4.69) is 10.6 Å². The van der Waals surface area contributed by atoms with Crippen LogP contribution < -0.4 is 16.4 Å². The van der Waals surface area contributed by atoms with E-state index in [0.29, 0.717) is 6.54 Å². The lowest BCUT2D eigenvalue weighted by Crippen LogP contribution is -2.58. The summed E-state index contributed by atoms with van der Waals surface area (Å²) in [4.78, 5) is 36.7. The molecule has 0 aromatic heterocycles. The zero-order valence-electron chi connectivity index (χ0n) is 12.7. The van der Waals surface area contributed by atoms with Gasteiger partial charge >= 0.3 is 6.03 Å². The van der Waals surface area contributed by atoms with Gasteiger partial charge in [-0.15, -0.1) is 0 Å². The van der Waals surface area contributed by atoms with Crippen molar-refractivity contribution in [3.05, 3.63) is 0 Å². The van der Waals surface area contributed by atoms with E-state index in [9.17, 15) is 14.4 Å². The molecule has 1 atom stereocenters. The summed E-state index contributed by atoms with van der Waals surface area (Å²) in [7, 11) is 0. The second kappa shape index (κ2) is 5.40. The molecule has 1 aliphatic heterocycles. The van der Waals surface area contributed by atoms with Gasteiger partial charge in [0.05, 0.1) is 5.54 Å². The van der Waals surface area contributed by atoms with Gasteiger partial charge < -0.3 is 16.0 Å². The average molecular weight is 284 g/mol. The minimum atomic E-state index is -1.02. The zero-order chi connectivity index (χ0) is 15.7. The number of urea groups is 1. The molecule has 1 aliphatic rings. The molecule has 1 fully saturated rings. The van der Waals surface area contributed by atoms with Gasteiger partial charge in [0, 0.05) is 6.54 Å². The van der Waals surface area contributed by atoms with Gasteiger partial charge in [-0.05, 0) is 26.7 Å². The third-order valence-electron chi connectivity index (χ3n) is 4.12. The van der Waals surface area contributed by atoms with Gasteiger partial charge in [-0.3, -0.25) is 14.9 Å². The molecular weight excluding hydrogens is 260 g/mol. The smallest absolute Gasteiger partial charge is 0.325 e. The summed E-state index contributed by atoms with van der Waals surface area (Å²) in [6.45, 7) is 9.11. The highest BCUT2D eigenvalue weighted by Crippen LogP contribution is 2.21. The molecule has 0 aromatic rings. The second-order valence-electron chi connectivity index (χ2n) is 6.23. The van der Waals surface area contributed by atoms with E-state index in [-0.39, 0.29) is 18.4 Å². The molecular formula is C13H24N4O3. The Morgan fingerprint density at radius 1 is 1.45 bits per heavy atom. The summed E-state index contributed by atoms with van der Waals surface area (Å²) >= 11 is 0. The number of carbonyl (C=O) groups excluding carboxylic acids is 3. The number of hydrogen-bond donors (Lipinski definition) is 3. The highest BCUT2D eigenvalue weighted by molar-refractivity contribution is 6.07. The van der Waals surface area contributed by atoms with Crippen molar-refractivity contribution in [3.63, 3.8) is 0 Å². The normalized spacial score (nSPS) is 20.9. The fourth-order valence-corrected chi connectivity index (χ4v) is 1.90. The molecule has 0 aromatic carbocycles. The lowest BCUT2D eigenvalue weighted by atomic mass is 9.88. The molecule has 1 unspecified atom stereocenters. The average Bonchev–Trinajstić information content (AvgIpc) is 2.51. The van der Waals surface area contributed by atoms with Crippen molar-refractivity contribution in [1.29, 1.82) is 0 Å². The number of imide groups is 1. The van der Waals surface area contributed by atoms with Gasteiger partial charge in [-0.2, -0.15) is 0 Å². The molecule has 4 N–H and O–H groups in total. The van der Waals surface area contributed by atoms with Crippen LogP contribution in [0, 0.1) is 5.92 Å². The number of nitrogens with one attached hydrogen (secondary N) is 2. The summed E-state index contributed by atoms with van der Waals surface area (Å²) in [5.41, 5.74) is 4.14. The Morgan fingerprint density at radius 2 is 2.00 bits per heavy atom. The lowest BCUT2D eigenvalue weighted by Gasteiger charge is -2.35. The van der Waals surface area contributed by atoms with E-state index in [1.807, 2.05) is 20.8 Å². The Morgan fingerprint density at radius 3 is 2.35 bits per heavy atom. The monoisotopic (exact) mass is 284 g/mol. The van der Waals surface area contributed by atoms with E-state index in [0.717, 1.165) is 0 Å². The minimum absolute atomic E-state index is 0.151. The number of nitrogens with zero attached hydrogens (tertiary/aromatic N) is 1. The molecule has 7 nitrogen and oxygen atoms in total. The summed E-state index contributed by atoms with van der Waals surface area (Å²) in [5.74, 6) is -0.580. The maximum absolute atomic E-state index is 12.1. The molecule has 114 valence electrons. The molecule has 0 bridgehead atoms. The van der Waals surface area contributed by atoms with Crippen molar-refractivity contribution >= 4 is 17.8 Å². The maximum Gasteiger partial charge on any atom is 0.325 e. The summed E-state index contributed by atoms with van der Waals surface area (Å²) in [6.07, 6.45) is 0. The Labute approximate surface area is 119 Å². The first-order chi connectivity index (χ1) is 9.04. The first kappa shape index (κ1) is 16.4. The van der Waals surface area contributed by atoms with Crippen LogP contribution in [0.25, 0.3) is 0 Å². The summed E-state index contributed by atoms with van der Waals surface area (Å²) < 4.78 is 0. The van der Waals surface area contributed by atoms with E-state index in [4.69, 9.17) is 5.73 Å². The van der Waals surface area contributed by atoms with Crippen molar-refractivity contribution in [2.45, 2.75) is 45.7 Å². The fourth-order valence-electron chi connectivity index (χ4n) is 1.90. The maximum atomic E-state index is 12.1. The topological polar surface area (TPSA) is 105 Å². The van der Waals surface area contributed by atoms with Crippen LogP contribution >= 0.6 is 0 Å². The third kappa shape index (κ3) is 2.92. The first-order valence-corrected chi connectivity index (χ1v) is 6.68. The zero-order valence-corrected chi connectivity index (χ0v) is 12.7. The molecule has 0 spiro atoms. The second-order valence-corrected chi connectivity index (χ2v) is 6.23. The van der Waals surface area contributed by atoms with E-state index in [1.165, 1.54) is 4.90 Å². The summed E-state index contributed by atoms with van der Waals surface area (Å²) in [5, 5.41) is 5.05. The third-order valence-corrected chi connectivity index (χ3v) is 4.12. The first-order valence-electron chi connectivity index (χ1n) is 6.68. The van der Waals surface area contributed by atoms with E-state index < -0.39 is 23.0 Å². The lowest BCUT2D eigenvalue weighted by molar-refractivity contribution is -0.128. The Hall–Kier alpha value is -1.63. The van der Waals surface area contributed by atoms with Gasteiger partial charge in [0.1, 0.15) is 12.1 Å². The van der Waals surface area contributed by atoms with Crippen molar-refractivity contribution in [1.82, 2.24) is 15.5 Å². The number of carbonyl (C=O) groups is 3. The quantitative estimate of drug-likeness (QED) is 0.608. The van der Waals surface area contributed by atoms with Crippen LogP contribution in [-0.4, -0.2) is 46.9 Å². The minimum Gasteiger partial charge on any atom is -0.348 e. The predicted molar refractivity (Wildman–Crippen MR) is 74.8 cm³/mol. The predicted octanol–water partition coefficient (Wildman–Crippen LogP) is -0.194. The van der Waals surface area contributed by atoms with E-state index >= 15 is 0 Å². The molecule has 0 aliphatic carbocycles. The largest absolute Gasteiger partial charge is 0.348 e. The van der Waals surface area contributed by atoms with Gasteiger partial charge in [0.15, 0.2) is 0 Å². The van der Waals surface area contributed by atoms with Crippen LogP contribution in [-0.2, 0) is 9.59 Å². The Bertz CT molecular complexity index is 433. The molecule has 0 saturated carbocycles.